The summed E-state index contributed by atoms with van der Waals surface area (Å²) in [5.41, 5.74) is 2.87. The molecule has 4 rings (SSSR count). The summed E-state index contributed by atoms with van der Waals surface area (Å²) in [6.07, 6.45) is 6.63. The number of hydrogen-bond donors (Lipinski definition) is 1. The van der Waals surface area contributed by atoms with E-state index in [0.29, 0.717) is 37.6 Å². The number of anilines is 1. The molecule has 0 radical (unpaired) electrons. The molecular weight excluding hydrogens is 353 g/mol. The summed E-state index contributed by atoms with van der Waals surface area (Å²) in [7, 11) is 0. The molecule has 7 nitrogen and oxygen atoms in total. The van der Waals surface area contributed by atoms with E-state index < -0.39 is 11.9 Å². The number of nitrogens with zero attached hydrogens (tertiary/aromatic N) is 4. The van der Waals surface area contributed by atoms with Crippen molar-refractivity contribution < 1.29 is 39.5 Å². The Morgan fingerprint density at radius 3 is 2.78 bits per heavy atom. The van der Waals surface area contributed by atoms with Gasteiger partial charge < -0.3 is 15.2 Å². The van der Waals surface area contributed by atoms with Crippen LogP contribution in [-0.4, -0.2) is 25.5 Å². The van der Waals surface area contributed by atoms with Gasteiger partial charge in [0.1, 0.15) is 12.1 Å². The minimum Gasteiger partial charge on any atom is -0.550 e. The van der Waals surface area contributed by atoms with Crippen molar-refractivity contribution in [2.45, 2.75) is 25.8 Å². The van der Waals surface area contributed by atoms with E-state index >= 15 is 0 Å². The van der Waals surface area contributed by atoms with Crippen molar-refractivity contribution in [1.29, 1.82) is 0 Å². The number of aliphatic carboxylic acids is 1. The van der Waals surface area contributed by atoms with Crippen molar-refractivity contribution in [3.05, 3.63) is 65.9 Å². The van der Waals surface area contributed by atoms with Gasteiger partial charge in [0.05, 0.1) is 5.69 Å². The number of aryl methyl sites for hydroxylation is 1. The zero-order valence-electron chi connectivity index (χ0n) is 15.1. The number of nitrogens with one attached hydrogen (secondary N) is 1. The van der Waals surface area contributed by atoms with E-state index in [4.69, 9.17) is 0 Å². The van der Waals surface area contributed by atoms with Crippen molar-refractivity contribution in [2.75, 3.05) is 5.32 Å². The van der Waals surface area contributed by atoms with Crippen LogP contribution in [0.3, 0.4) is 0 Å². The van der Waals surface area contributed by atoms with E-state index in [1.54, 1.807) is 23.3 Å². The summed E-state index contributed by atoms with van der Waals surface area (Å²) in [5.74, 6) is -0.303. The molecule has 27 heavy (non-hydrogen) atoms. The molecule has 1 aliphatic rings. The van der Waals surface area contributed by atoms with Crippen LogP contribution in [0.25, 0.3) is 5.95 Å². The van der Waals surface area contributed by atoms with Gasteiger partial charge in [-0.3, -0.25) is 4.57 Å². The first-order valence-electron chi connectivity index (χ1n) is 8.57. The molecule has 0 saturated heterocycles. The molecule has 0 bridgehead atoms. The van der Waals surface area contributed by atoms with E-state index in [0.717, 1.165) is 16.8 Å². The van der Waals surface area contributed by atoms with Gasteiger partial charge in [0.25, 0.3) is 0 Å². The molecule has 3 aromatic rings. The van der Waals surface area contributed by atoms with Gasteiger partial charge in [0, 0.05) is 36.4 Å². The summed E-state index contributed by atoms with van der Waals surface area (Å²) in [6, 6.07) is 9.99. The van der Waals surface area contributed by atoms with Crippen LogP contribution in [0.5, 0.6) is 0 Å². The molecule has 0 fully saturated rings. The third kappa shape index (κ3) is 4.37. The average Bonchev–Trinajstić information content (AvgIpc) is 3.21. The molecule has 1 atom stereocenters. The molecule has 0 spiro atoms. The third-order valence-corrected chi connectivity index (χ3v) is 4.63. The number of carboxylic acids is 1. The number of aromatic nitrogens is 4. The van der Waals surface area contributed by atoms with E-state index in [9.17, 15) is 9.90 Å². The maximum absolute atomic E-state index is 11.3. The van der Waals surface area contributed by atoms with Crippen LogP contribution in [0.15, 0.2) is 49.1 Å². The zero-order valence-corrected chi connectivity index (χ0v) is 17.1. The van der Waals surface area contributed by atoms with Crippen molar-refractivity contribution in [3.63, 3.8) is 0 Å². The van der Waals surface area contributed by atoms with Crippen LogP contribution in [0.4, 0.5) is 5.82 Å². The van der Waals surface area contributed by atoms with Gasteiger partial charge in [-0.2, -0.15) is 4.98 Å². The maximum Gasteiger partial charge on any atom is 1.00 e. The normalized spacial score (nSPS) is 15.5. The SMILES string of the molecule is O=C([O-])C1CCc2nc(-n3ccnc3)nc(NCc3ccccc3)c2C1.[Na+]. The molecule has 8 heteroatoms. The van der Waals surface area contributed by atoms with Crippen molar-refractivity contribution in [3.8, 4) is 5.95 Å². The number of imidazole rings is 1. The topological polar surface area (TPSA) is 95.8 Å². The molecular formula is C19H18N5NaO2. The molecule has 1 N–H and O–H groups in total. The summed E-state index contributed by atoms with van der Waals surface area (Å²) in [4.78, 5) is 24.6. The number of hydrogen-bond acceptors (Lipinski definition) is 6. The second-order valence-electron chi connectivity index (χ2n) is 6.37. The Kier molecular flexibility index (Phi) is 6.26. The fraction of sp³-hybridized carbons (Fsp3) is 0.263. The van der Waals surface area contributed by atoms with Gasteiger partial charge in [-0.1, -0.05) is 30.3 Å². The van der Waals surface area contributed by atoms with Gasteiger partial charge in [-0.05, 0) is 24.8 Å². The van der Waals surface area contributed by atoms with E-state index in [1.165, 1.54) is 0 Å². The van der Waals surface area contributed by atoms with Crippen LogP contribution >= 0.6 is 0 Å². The number of carbonyl (C=O) groups is 1. The number of rotatable bonds is 5. The molecule has 0 amide bonds. The first kappa shape index (κ1) is 19.5. The summed E-state index contributed by atoms with van der Waals surface area (Å²) >= 11 is 0. The smallest absolute Gasteiger partial charge is 0.550 e. The second kappa shape index (κ2) is 8.65. The molecule has 2 aromatic heterocycles. The zero-order chi connectivity index (χ0) is 17.9. The van der Waals surface area contributed by atoms with E-state index in [2.05, 4.69) is 20.3 Å². The minimum absolute atomic E-state index is 0. The molecule has 1 aromatic carbocycles. The monoisotopic (exact) mass is 371 g/mol. The first-order chi connectivity index (χ1) is 12.7. The standard InChI is InChI=1S/C19H19N5O2.Na/c25-18(26)14-6-7-16-15(10-14)17(21-11-13-4-2-1-3-5-13)23-19(22-16)24-9-8-20-12-24;/h1-5,8-9,12,14H,6-7,10-11H2,(H,25,26)(H,21,22,23);/q;+1/p-1. The Bertz CT molecular complexity index is 915. The number of carboxylic acid groups (broad SMARTS) is 1. The minimum atomic E-state index is -1.01. The van der Waals surface area contributed by atoms with Crippen molar-refractivity contribution >= 4 is 11.8 Å². The van der Waals surface area contributed by atoms with Gasteiger partial charge in [0.2, 0.25) is 5.95 Å². The van der Waals surface area contributed by atoms with Gasteiger partial charge in [-0.15, -0.1) is 0 Å². The maximum atomic E-state index is 11.3. The summed E-state index contributed by atoms with van der Waals surface area (Å²) in [5, 5.41) is 14.7. The largest absolute Gasteiger partial charge is 1.00 e. The van der Waals surface area contributed by atoms with Gasteiger partial charge in [-0.25, -0.2) is 9.97 Å². The van der Waals surface area contributed by atoms with Crippen LogP contribution in [0.2, 0.25) is 0 Å². The molecule has 0 saturated carbocycles. The number of benzene rings is 1. The Morgan fingerprint density at radius 1 is 1.26 bits per heavy atom. The third-order valence-electron chi connectivity index (χ3n) is 4.63. The summed E-state index contributed by atoms with van der Waals surface area (Å²) < 4.78 is 1.75. The Hall–Kier alpha value is -2.22. The van der Waals surface area contributed by atoms with E-state index in [-0.39, 0.29) is 29.6 Å². The summed E-state index contributed by atoms with van der Waals surface area (Å²) in [6.45, 7) is 0.601. The van der Waals surface area contributed by atoms with Crippen LogP contribution in [-0.2, 0) is 24.2 Å². The van der Waals surface area contributed by atoms with Crippen LogP contribution < -0.4 is 40.0 Å². The van der Waals surface area contributed by atoms with E-state index in [1.807, 2.05) is 30.3 Å². The molecule has 1 aliphatic carbocycles. The molecule has 0 aliphatic heterocycles. The van der Waals surface area contributed by atoms with Gasteiger partial charge in [0.15, 0.2) is 0 Å². The molecule has 1 unspecified atom stereocenters. The van der Waals surface area contributed by atoms with Crippen molar-refractivity contribution in [2.24, 2.45) is 5.92 Å². The average molecular weight is 371 g/mol. The van der Waals surface area contributed by atoms with Gasteiger partial charge >= 0.3 is 29.6 Å². The van der Waals surface area contributed by atoms with Crippen LogP contribution in [0.1, 0.15) is 23.2 Å². The molecule has 132 valence electrons. The predicted octanol–water partition coefficient (Wildman–Crippen LogP) is -1.87. The second-order valence-corrected chi connectivity index (χ2v) is 6.37. The Labute approximate surface area is 179 Å². The Morgan fingerprint density at radius 2 is 2.07 bits per heavy atom. The first-order valence-corrected chi connectivity index (χ1v) is 8.57. The molecule has 2 heterocycles. The Balaban J connectivity index is 0.00000210. The van der Waals surface area contributed by atoms with Crippen LogP contribution in [0, 0.1) is 5.92 Å². The fourth-order valence-corrected chi connectivity index (χ4v) is 3.22. The quantitative estimate of drug-likeness (QED) is 0.528. The predicted molar refractivity (Wildman–Crippen MR) is 93.4 cm³/mol. The van der Waals surface area contributed by atoms with Crippen molar-refractivity contribution in [1.82, 2.24) is 19.5 Å². The fourth-order valence-electron chi connectivity index (χ4n) is 3.22. The number of fused-ring (bicyclic) bond motifs is 1. The number of carbonyl (C=O) groups excluding carboxylic acids is 1.